The molecule has 4 aromatic rings. The second kappa shape index (κ2) is 8.89. The lowest BCUT2D eigenvalue weighted by Gasteiger charge is -2.12. The SMILES string of the molecule is CCCCCc1ccc2c3c(C(N)=O)cccc3n(Cc3ccc(C(F)(F)F)cc3F)c2c1. The summed E-state index contributed by atoms with van der Waals surface area (Å²) >= 11 is 0. The van der Waals surface area contributed by atoms with Gasteiger partial charge in [-0.25, -0.2) is 4.39 Å². The van der Waals surface area contributed by atoms with E-state index < -0.39 is 23.5 Å². The molecular formula is C26H24F4N2O. The predicted molar refractivity (Wildman–Crippen MR) is 122 cm³/mol. The largest absolute Gasteiger partial charge is 0.416 e. The van der Waals surface area contributed by atoms with E-state index in [0.29, 0.717) is 22.5 Å². The lowest BCUT2D eigenvalue weighted by atomic mass is 10.0. The molecule has 2 N–H and O–H groups in total. The normalized spacial score (nSPS) is 12.0. The summed E-state index contributed by atoms with van der Waals surface area (Å²) in [5.41, 5.74) is 7.62. The fourth-order valence-electron chi connectivity index (χ4n) is 4.32. The Hall–Kier alpha value is -3.35. The maximum atomic E-state index is 14.7. The van der Waals surface area contributed by atoms with Gasteiger partial charge in [0.25, 0.3) is 0 Å². The average molecular weight is 456 g/mol. The number of rotatable bonds is 7. The molecule has 0 spiro atoms. The minimum absolute atomic E-state index is 0.0185. The molecule has 3 aromatic carbocycles. The highest BCUT2D eigenvalue weighted by molar-refractivity contribution is 6.18. The fraction of sp³-hybridized carbons (Fsp3) is 0.269. The maximum Gasteiger partial charge on any atom is 0.416 e. The van der Waals surface area contributed by atoms with Gasteiger partial charge in [-0.15, -0.1) is 0 Å². The summed E-state index contributed by atoms with van der Waals surface area (Å²) < 4.78 is 55.4. The molecule has 33 heavy (non-hydrogen) atoms. The van der Waals surface area contributed by atoms with E-state index in [0.717, 1.165) is 48.2 Å². The predicted octanol–water partition coefficient (Wildman–Crippen LogP) is 6.83. The van der Waals surface area contributed by atoms with Crippen molar-refractivity contribution in [3.63, 3.8) is 0 Å². The number of halogens is 4. The monoisotopic (exact) mass is 456 g/mol. The van der Waals surface area contributed by atoms with Crippen molar-refractivity contribution < 1.29 is 22.4 Å². The first-order chi connectivity index (χ1) is 15.7. The molecule has 172 valence electrons. The lowest BCUT2D eigenvalue weighted by Crippen LogP contribution is -2.11. The number of amides is 1. The minimum Gasteiger partial charge on any atom is -0.366 e. The zero-order valence-electron chi connectivity index (χ0n) is 18.2. The third kappa shape index (κ3) is 4.45. The number of carbonyl (C=O) groups excluding carboxylic acids is 1. The lowest BCUT2D eigenvalue weighted by molar-refractivity contribution is -0.137. The molecule has 0 fully saturated rings. The highest BCUT2D eigenvalue weighted by Gasteiger charge is 2.31. The standard InChI is InChI=1S/C26H24F4N2O/c1-2-3-4-6-16-9-12-19-23(13-16)32(22-8-5-7-20(24(19)22)25(31)33)15-17-10-11-18(14-21(17)27)26(28,29)30/h5,7-14H,2-4,6,15H2,1H3,(H2,31,33). The maximum absolute atomic E-state index is 14.7. The third-order valence-electron chi connectivity index (χ3n) is 6.00. The Bertz CT molecular complexity index is 1340. The Labute approximate surface area is 188 Å². The third-order valence-corrected chi connectivity index (χ3v) is 6.00. The van der Waals surface area contributed by atoms with Crippen LogP contribution in [0.5, 0.6) is 0 Å². The van der Waals surface area contributed by atoms with Gasteiger partial charge in [0.2, 0.25) is 5.91 Å². The van der Waals surface area contributed by atoms with Crippen molar-refractivity contribution in [2.45, 2.75) is 45.3 Å². The average Bonchev–Trinajstić information content (AvgIpc) is 3.07. The van der Waals surface area contributed by atoms with Crippen molar-refractivity contribution in [2.24, 2.45) is 5.73 Å². The molecule has 0 radical (unpaired) electrons. The second-order valence-electron chi connectivity index (χ2n) is 8.26. The Kier molecular flexibility index (Phi) is 6.15. The van der Waals surface area contributed by atoms with Gasteiger partial charge >= 0.3 is 6.18 Å². The van der Waals surface area contributed by atoms with Crippen LogP contribution < -0.4 is 5.73 Å². The molecule has 0 unspecified atom stereocenters. The Morgan fingerprint density at radius 3 is 2.45 bits per heavy atom. The summed E-state index contributed by atoms with van der Waals surface area (Å²) in [4.78, 5) is 12.1. The molecule has 0 atom stereocenters. The highest BCUT2D eigenvalue weighted by atomic mass is 19.4. The summed E-state index contributed by atoms with van der Waals surface area (Å²) in [6, 6.07) is 13.7. The second-order valence-corrected chi connectivity index (χ2v) is 8.26. The van der Waals surface area contributed by atoms with Crippen molar-refractivity contribution in [1.82, 2.24) is 4.57 Å². The van der Waals surface area contributed by atoms with Crippen LogP contribution in [-0.2, 0) is 19.1 Å². The molecule has 1 heterocycles. The number of unbranched alkanes of at least 4 members (excludes halogenated alkanes) is 2. The van der Waals surface area contributed by atoms with Gasteiger partial charge < -0.3 is 10.3 Å². The van der Waals surface area contributed by atoms with E-state index in [1.54, 1.807) is 18.2 Å². The van der Waals surface area contributed by atoms with Crippen molar-refractivity contribution in [2.75, 3.05) is 0 Å². The van der Waals surface area contributed by atoms with E-state index in [4.69, 9.17) is 5.73 Å². The molecular weight excluding hydrogens is 432 g/mol. The number of primary amides is 1. The first-order valence-corrected chi connectivity index (χ1v) is 10.9. The summed E-state index contributed by atoms with van der Waals surface area (Å²) in [7, 11) is 0. The number of fused-ring (bicyclic) bond motifs is 3. The fourth-order valence-corrected chi connectivity index (χ4v) is 4.32. The number of nitrogens with two attached hydrogens (primary N) is 1. The smallest absolute Gasteiger partial charge is 0.366 e. The quantitative estimate of drug-likeness (QED) is 0.240. The van der Waals surface area contributed by atoms with Crippen LogP contribution in [0.2, 0.25) is 0 Å². The van der Waals surface area contributed by atoms with Gasteiger partial charge in [0.05, 0.1) is 17.6 Å². The molecule has 1 amide bonds. The van der Waals surface area contributed by atoms with Crippen LogP contribution >= 0.6 is 0 Å². The number of benzene rings is 3. The van der Waals surface area contributed by atoms with Crippen molar-refractivity contribution in [3.05, 3.63) is 82.7 Å². The Balaban J connectivity index is 1.88. The van der Waals surface area contributed by atoms with Crippen LogP contribution in [0.3, 0.4) is 0 Å². The molecule has 3 nitrogen and oxygen atoms in total. The van der Waals surface area contributed by atoms with Crippen LogP contribution in [0.25, 0.3) is 21.8 Å². The number of nitrogens with zero attached hydrogens (tertiary/aromatic N) is 1. The molecule has 0 saturated heterocycles. The number of hydrogen-bond donors (Lipinski definition) is 1. The van der Waals surface area contributed by atoms with Gasteiger partial charge in [-0.05, 0) is 48.7 Å². The zero-order valence-corrected chi connectivity index (χ0v) is 18.2. The van der Waals surface area contributed by atoms with E-state index in [1.165, 1.54) is 6.07 Å². The number of alkyl halides is 3. The number of hydrogen-bond acceptors (Lipinski definition) is 1. The van der Waals surface area contributed by atoms with Crippen LogP contribution in [0.15, 0.2) is 54.6 Å². The van der Waals surface area contributed by atoms with Crippen molar-refractivity contribution >= 4 is 27.7 Å². The van der Waals surface area contributed by atoms with E-state index >= 15 is 0 Å². The number of carbonyl (C=O) groups is 1. The van der Waals surface area contributed by atoms with E-state index in [-0.39, 0.29) is 12.1 Å². The zero-order chi connectivity index (χ0) is 23.8. The minimum atomic E-state index is -4.62. The summed E-state index contributed by atoms with van der Waals surface area (Å²) in [6.07, 6.45) is -0.512. The summed E-state index contributed by atoms with van der Waals surface area (Å²) in [5, 5.41) is 1.46. The molecule has 1 aromatic heterocycles. The van der Waals surface area contributed by atoms with Crippen LogP contribution in [0, 0.1) is 5.82 Å². The molecule has 0 bridgehead atoms. The van der Waals surface area contributed by atoms with Crippen molar-refractivity contribution in [1.29, 1.82) is 0 Å². The van der Waals surface area contributed by atoms with Gasteiger partial charge in [-0.3, -0.25) is 4.79 Å². The van der Waals surface area contributed by atoms with Gasteiger partial charge in [0.15, 0.2) is 0 Å². The number of aromatic nitrogens is 1. The molecule has 0 aliphatic rings. The molecule has 0 aliphatic heterocycles. The van der Waals surface area contributed by atoms with E-state index in [2.05, 4.69) is 6.92 Å². The van der Waals surface area contributed by atoms with Crippen LogP contribution in [0.1, 0.15) is 53.2 Å². The van der Waals surface area contributed by atoms with Gasteiger partial charge in [0.1, 0.15) is 5.82 Å². The highest BCUT2D eigenvalue weighted by Crippen LogP contribution is 2.35. The van der Waals surface area contributed by atoms with Gasteiger partial charge in [-0.2, -0.15) is 13.2 Å². The van der Waals surface area contributed by atoms with E-state index in [9.17, 15) is 22.4 Å². The van der Waals surface area contributed by atoms with E-state index in [1.807, 2.05) is 22.8 Å². The summed E-state index contributed by atoms with van der Waals surface area (Å²) in [6.45, 7) is 2.15. The summed E-state index contributed by atoms with van der Waals surface area (Å²) in [5.74, 6) is -1.50. The van der Waals surface area contributed by atoms with Gasteiger partial charge in [-0.1, -0.05) is 44.0 Å². The number of aryl methyl sites for hydroxylation is 1. The molecule has 0 saturated carbocycles. The first-order valence-electron chi connectivity index (χ1n) is 10.9. The van der Waals surface area contributed by atoms with Crippen molar-refractivity contribution in [3.8, 4) is 0 Å². The topological polar surface area (TPSA) is 48.0 Å². The first kappa shape index (κ1) is 22.8. The molecule has 4 rings (SSSR count). The Morgan fingerprint density at radius 1 is 1.00 bits per heavy atom. The van der Waals surface area contributed by atoms with Crippen LogP contribution in [-0.4, -0.2) is 10.5 Å². The van der Waals surface area contributed by atoms with Crippen LogP contribution in [0.4, 0.5) is 17.6 Å². The molecule has 0 aliphatic carbocycles. The Morgan fingerprint density at radius 2 is 1.79 bits per heavy atom. The van der Waals surface area contributed by atoms with Gasteiger partial charge in [0, 0.05) is 27.4 Å². The molecule has 7 heteroatoms.